The second-order valence-electron chi connectivity index (χ2n) is 2.10. The van der Waals surface area contributed by atoms with E-state index in [9.17, 15) is 9.18 Å². The Balaban J connectivity index is 3.00. The minimum atomic E-state index is -1.40. The van der Waals surface area contributed by atoms with Crippen LogP contribution >= 0.6 is 0 Å². The fourth-order valence-electron chi connectivity index (χ4n) is 0.750. The lowest BCUT2D eigenvalue weighted by Crippen LogP contribution is -1.88. The fraction of sp³-hybridized carbons (Fsp3) is 0. The van der Waals surface area contributed by atoms with E-state index >= 15 is 0 Å². The molecule has 1 nitrogen and oxygen atoms in total. The van der Waals surface area contributed by atoms with E-state index in [1.165, 1.54) is 12.1 Å². The van der Waals surface area contributed by atoms with Crippen molar-refractivity contribution in [2.75, 3.05) is 0 Å². The standard InChI is InChI=1S/C9H7FO/c1-2-7-3-5-8(6-4-7)9(10)11/h2-6H,1H2. The van der Waals surface area contributed by atoms with Gasteiger partial charge in [-0.05, 0) is 17.7 Å². The number of benzene rings is 1. The number of halogens is 1. The van der Waals surface area contributed by atoms with Crippen LogP contribution in [0.1, 0.15) is 15.9 Å². The van der Waals surface area contributed by atoms with Crippen molar-refractivity contribution < 1.29 is 9.18 Å². The van der Waals surface area contributed by atoms with Gasteiger partial charge in [0.1, 0.15) is 0 Å². The Bertz CT molecular complexity index is 274. The second-order valence-corrected chi connectivity index (χ2v) is 2.10. The van der Waals surface area contributed by atoms with Crippen molar-refractivity contribution in [2.24, 2.45) is 0 Å². The predicted molar refractivity (Wildman–Crippen MR) is 42.0 cm³/mol. The van der Waals surface area contributed by atoms with Gasteiger partial charge in [0.15, 0.2) is 0 Å². The molecule has 0 spiro atoms. The molecule has 0 heterocycles. The highest BCUT2D eigenvalue weighted by atomic mass is 19.1. The van der Waals surface area contributed by atoms with Gasteiger partial charge in [-0.2, -0.15) is 4.39 Å². The van der Waals surface area contributed by atoms with Crippen LogP contribution < -0.4 is 0 Å². The van der Waals surface area contributed by atoms with Gasteiger partial charge in [0.2, 0.25) is 0 Å². The molecule has 0 atom stereocenters. The Kier molecular flexibility index (Phi) is 2.16. The SMILES string of the molecule is C=Cc1ccc(C(=O)F)cc1. The van der Waals surface area contributed by atoms with Crippen molar-refractivity contribution >= 4 is 12.1 Å². The molecule has 0 aliphatic carbocycles. The zero-order valence-electron chi connectivity index (χ0n) is 5.88. The summed E-state index contributed by atoms with van der Waals surface area (Å²) >= 11 is 0. The number of carbonyl (C=O) groups is 1. The van der Waals surface area contributed by atoms with Gasteiger partial charge in [0.05, 0.1) is 5.56 Å². The van der Waals surface area contributed by atoms with Crippen LogP contribution in [0.5, 0.6) is 0 Å². The molecule has 56 valence electrons. The van der Waals surface area contributed by atoms with E-state index in [0.29, 0.717) is 0 Å². The van der Waals surface area contributed by atoms with Crippen LogP contribution in [0.3, 0.4) is 0 Å². The third kappa shape index (κ3) is 1.74. The first-order valence-electron chi connectivity index (χ1n) is 3.16. The summed E-state index contributed by atoms with van der Waals surface area (Å²) in [6.07, 6.45) is 1.63. The van der Waals surface area contributed by atoms with Crippen molar-refractivity contribution in [3.63, 3.8) is 0 Å². The summed E-state index contributed by atoms with van der Waals surface area (Å²) in [6.45, 7) is 3.53. The molecule has 1 aromatic carbocycles. The minimum Gasteiger partial charge on any atom is -0.255 e. The van der Waals surface area contributed by atoms with E-state index in [1.807, 2.05) is 0 Å². The van der Waals surface area contributed by atoms with Crippen LogP contribution in [0, 0.1) is 0 Å². The third-order valence-corrected chi connectivity index (χ3v) is 1.37. The zero-order valence-corrected chi connectivity index (χ0v) is 5.88. The van der Waals surface area contributed by atoms with Gasteiger partial charge >= 0.3 is 6.04 Å². The van der Waals surface area contributed by atoms with Gasteiger partial charge in [-0.25, -0.2) is 0 Å². The van der Waals surface area contributed by atoms with Crippen LogP contribution in [0.15, 0.2) is 30.8 Å². The normalized spacial score (nSPS) is 9.18. The fourth-order valence-corrected chi connectivity index (χ4v) is 0.750. The molecular formula is C9H7FO. The summed E-state index contributed by atoms with van der Waals surface area (Å²) in [5.41, 5.74) is 0.950. The Morgan fingerprint density at radius 2 is 1.91 bits per heavy atom. The largest absolute Gasteiger partial charge is 0.332 e. The average Bonchev–Trinajstić information content (AvgIpc) is 2.05. The van der Waals surface area contributed by atoms with E-state index in [1.54, 1.807) is 18.2 Å². The molecule has 0 amide bonds. The third-order valence-electron chi connectivity index (χ3n) is 1.37. The molecular weight excluding hydrogens is 143 g/mol. The lowest BCUT2D eigenvalue weighted by molar-refractivity contribution is 0.0836. The Morgan fingerprint density at radius 3 is 2.27 bits per heavy atom. The van der Waals surface area contributed by atoms with E-state index < -0.39 is 6.04 Å². The van der Waals surface area contributed by atoms with Crippen LogP contribution in [0.4, 0.5) is 4.39 Å². The van der Waals surface area contributed by atoms with E-state index in [0.717, 1.165) is 5.56 Å². The summed E-state index contributed by atoms with van der Waals surface area (Å²) in [5.74, 6) is 0. The van der Waals surface area contributed by atoms with Crippen LogP contribution in [0.2, 0.25) is 0 Å². The van der Waals surface area contributed by atoms with Crippen LogP contribution in [-0.4, -0.2) is 6.04 Å². The summed E-state index contributed by atoms with van der Waals surface area (Å²) in [6, 6.07) is 4.74. The van der Waals surface area contributed by atoms with Gasteiger partial charge in [0, 0.05) is 0 Å². The highest BCUT2D eigenvalue weighted by molar-refractivity contribution is 5.88. The predicted octanol–water partition coefficient (Wildman–Crippen LogP) is 2.44. The Labute approximate surface area is 64.2 Å². The Morgan fingerprint density at radius 1 is 1.36 bits per heavy atom. The topological polar surface area (TPSA) is 17.1 Å². The molecule has 0 aliphatic rings. The number of carbonyl (C=O) groups excluding carboxylic acids is 1. The monoisotopic (exact) mass is 150 g/mol. The van der Waals surface area contributed by atoms with Gasteiger partial charge in [0.25, 0.3) is 0 Å². The molecule has 0 saturated heterocycles. The van der Waals surface area contributed by atoms with Gasteiger partial charge in [-0.15, -0.1) is 0 Å². The maximum absolute atomic E-state index is 12.0. The molecule has 0 aliphatic heterocycles. The molecule has 11 heavy (non-hydrogen) atoms. The first-order chi connectivity index (χ1) is 5.24. The molecule has 0 N–H and O–H groups in total. The second kappa shape index (κ2) is 3.10. The highest BCUT2D eigenvalue weighted by Gasteiger charge is 2.00. The maximum Gasteiger partial charge on any atom is 0.332 e. The van der Waals surface area contributed by atoms with Crippen LogP contribution in [-0.2, 0) is 0 Å². The lowest BCUT2D eigenvalue weighted by Gasteiger charge is -1.92. The Hall–Kier alpha value is -1.44. The first-order valence-corrected chi connectivity index (χ1v) is 3.16. The number of hydrogen-bond donors (Lipinski definition) is 0. The van der Waals surface area contributed by atoms with Crippen LogP contribution in [0.25, 0.3) is 6.08 Å². The molecule has 0 saturated carbocycles. The lowest BCUT2D eigenvalue weighted by atomic mass is 10.1. The van der Waals surface area contributed by atoms with Gasteiger partial charge < -0.3 is 0 Å². The van der Waals surface area contributed by atoms with Crippen molar-refractivity contribution in [3.05, 3.63) is 42.0 Å². The minimum absolute atomic E-state index is 0.0793. The smallest absolute Gasteiger partial charge is 0.255 e. The maximum atomic E-state index is 12.0. The van der Waals surface area contributed by atoms with Gasteiger partial charge in [-0.1, -0.05) is 24.8 Å². The van der Waals surface area contributed by atoms with E-state index in [2.05, 4.69) is 6.58 Å². The molecule has 0 bridgehead atoms. The molecule has 0 fully saturated rings. The molecule has 0 radical (unpaired) electrons. The number of hydrogen-bond acceptors (Lipinski definition) is 1. The molecule has 1 rings (SSSR count). The molecule has 0 aromatic heterocycles. The van der Waals surface area contributed by atoms with Crippen molar-refractivity contribution in [2.45, 2.75) is 0 Å². The molecule has 0 unspecified atom stereocenters. The summed E-state index contributed by atoms with van der Waals surface area (Å²) in [5, 5.41) is 0. The van der Waals surface area contributed by atoms with Crippen molar-refractivity contribution in [1.82, 2.24) is 0 Å². The number of rotatable bonds is 2. The average molecular weight is 150 g/mol. The summed E-state index contributed by atoms with van der Waals surface area (Å²) in [7, 11) is 0. The van der Waals surface area contributed by atoms with Gasteiger partial charge in [-0.3, -0.25) is 4.79 Å². The van der Waals surface area contributed by atoms with E-state index in [4.69, 9.17) is 0 Å². The molecule has 1 aromatic rings. The van der Waals surface area contributed by atoms with Crippen molar-refractivity contribution in [3.8, 4) is 0 Å². The zero-order chi connectivity index (χ0) is 8.27. The van der Waals surface area contributed by atoms with E-state index in [-0.39, 0.29) is 5.56 Å². The quantitative estimate of drug-likeness (QED) is 0.592. The van der Waals surface area contributed by atoms with Crippen molar-refractivity contribution in [1.29, 1.82) is 0 Å². The summed E-state index contributed by atoms with van der Waals surface area (Å²) < 4.78 is 12.0. The highest BCUT2D eigenvalue weighted by Crippen LogP contribution is 2.06. The first kappa shape index (κ1) is 7.66. The summed E-state index contributed by atoms with van der Waals surface area (Å²) in [4.78, 5) is 10.2. The molecule has 2 heteroatoms.